The van der Waals surface area contributed by atoms with Crippen LogP contribution in [0.15, 0.2) is 24.3 Å². The molecule has 0 aromatic heterocycles. The minimum Gasteiger partial charge on any atom is -0.298 e. The second kappa shape index (κ2) is 2.56. The Morgan fingerprint density at radius 3 is 0.955 bits per heavy atom. The quantitative estimate of drug-likeness (QED) is 0.516. The second-order valence-electron chi connectivity index (χ2n) is 7.18. The zero-order valence-electron chi connectivity index (χ0n) is 10.9. The molecule has 0 amide bonds. The molecule has 2 saturated carbocycles. The lowest BCUT2D eigenvalue weighted by Crippen LogP contribution is -3.11. The van der Waals surface area contributed by atoms with Crippen molar-refractivity contribution >= 4 is 0 Å². The number of rotatable bonds is 0. The zero-order chi connectivity index (χ0) is 15.6. The van der Waals surface area contributed by atoms with Gasteiger partial charge in [-0.15, -0.1) is 0 Å². The van der Waals surface area contributed by atoms with Crippen molar-refractivity contribution in [2.24, 2.45) is 0 Å². The molecule has 2 aliphatic carbocycles. The van der Waals surface area contributed by atoms with E-state index in [-0.39, 0.29) is 0 Å². The van der Waals surface area contributed by atoms with Crippen LogP contribution in [0.4, 0.5) is 26.3 Å². The number of nitrogens with one attached hydrogen (secondary N) is 2. The van der Waals surface area contributed by atoms with Gasteiger partial charge in [-0.2, -0.15) is 0 Å². The van der Waals surface area contributed by atoms with E-state index in [2.05, 4.69) is 10.6 Å². The van der Waals surface area contributed by atoms with E-state index in [1.54, 1.807) is 0 Å². The average Bonchev–Trinajstić information content (AvgIpc) is 3.23. The van der Waals surface area contributed by atoms with E-state index in [4.69, 9.17) is 0 Å². The third-order valence-electron chi connectivity index (χ3n) is 6.96. The summed E-state index contributed by atoms with van der Waals surface area (Å²) in [6.07, 6.45) is 4.62. The van der Waals surface area contributed by atoms with E-state index in [1.165, 1.54) is 0 Å². The van der Waals surface area contributed by atoms with Crippen molar-refractivity contribution < 1.29 is 26.3 Å². The van der Waals surface area contributed by atoms with Crippen molar-refractivity contribution in [2.75, 3.05) is 0 Å². The molecule has 0 aromatic rings. The summed E-state index contributed by atoms with van der Waals surface area (Å²) < 4.78 is 92.0. The van der Waals surface area contributed by atoms with Gasteiger partial charge < -0.3 is 0 Å². The van der Waals surface area contributed by atoms with Gasteiger partial charge in [0.2, 0.25) is 34.0 Å². The topological polar surface area (TPSA) is 24.1 Å². The van der Waals surface area contributed by atoms with Crippen molar-refractivity contribution in [3.05, 3.63) is 24.3 Å². The Labute approximate surface area is 120 Å². The molecule has 8 heteroatoms. The Hall–Kier alpha value is -1.02. The third-order valence-corrected chi connectivity index (χ3v) is 6.96. The zero-order valence-corrected chi connectivity index (χ0v) is 10.9. The van der Waals surface area contributed by atoms with Gasteiger partial charge >= 0.3 is 0 Å². The molecular formula is C14H10F6N2. The summed E-state index contributed by atoms with van der Waals surface area (Å²) in [7, 11) is 0. The smallest absolute Gasteiger partial charge is 0.229 e. The van der Waals surface area contributed by atoms with Gasteiger partial charge in [0.1, 0.15) is 0 Å². The normalized spacial score (nSPS) is 77.9. The Bertz CT molecular complexity index is 616. The lowest BCUT2D eigenvalue weighted by atomic mass is 9.26. The van der Waals surface area contributed by atoms with Crippen LogP contribution in [-0.2, 0) is 0 Å². The lowest BCUT2D eigenvalue weighted by molar-refractivity contribution is -0.489. The predicted octanol–water partition coefficient (Wildman–Crippen LogP) is 1.08. The van der Waals surface area contributed by atoms with Crippen molar-refractivity contribution in [3.8, 4) is 0 Å². The van der Waals surface area contributed by atoms with Crippen molar-refractivity contribution in [1.82, 2.24) is 10.6 Å². The van der Waals surface area contributed by atoms with Gasteiger partial charge in [0.15, 0.2) is 0 Å². The highest BCUT2D eigenvalue weighted by atomic mass is 19.2. The molecular weight excluding hydrogens is 310 g/mol. The van der Waals surface area contributed by atoms with E-state index in [0.29, 0.717) is 0 Å². The fourth-order valence-corrected chi connectivity index (χ4v) is 6.22. The highest BCUT2D eigenvalue weighted by Crippen LogP contribution is 2.89. The van der Waals surface area contributed by atoms with Crippen LogP contribution in [-0.4, -0.2) is 58.2 Å². The predicted molar refractivity (Wildman–Crippen MR) is 62.7 cm³/mol. The van der Waals surface area contributed by atoms with Gasteiger partial charge in [0.25, 0.3) is 0 Å². The van der Waals surface area contributed by atoms with E-state index in [1.807, 2.05) is 0 Å². The van der Waals surface area contributed by atoms with Crippen LogP contribution in [0, 0.1) is 0 Å². The van der Waals surface area contributed by atoms with Crippen LogP contribution < -0.4 is 10.6 Å². The molecule has 4 aliphatic heterocycles. The highest BCUT2D eigenvalue weighted by molar-refractivity contribution is 5.70. The summed E-state index contributed by atoms with van der Waals surface area (Å²) in [6, 6.07) is -6.01. The first-order chi connectivity index (χ1) is 10.2. The maximum absolute atomic E-state index is 15.4. The van der Waals surface area contributed by atoms with Gasteiger partial charge in [-0.3, -0.25) is 10.6 Å². The summed E-state index contributed by atoms with van der Waals surface area (Å²) in [5.74, 6) is 0. The molecule has 0 spiro atoms. The Kier molecular flexibility index (Phi) is 1.45. The molecule has 22 heavy (non-hydrogen) atoms. The van der Waals surface area contributed by atoms with Crippen molar-refractivity contribution in [2.45, 2.75) is 58.2 Å². The van der Waals surface area contributed by atoms with Gasteiger partial charge in [-0.05, 0) is 0 Å². The van der Waals surface area contributed by atoms with E-state index < -0.39 is 58.2 Å². The largest absolute Gasteiger partial charge is 0.298 e. The average molecular weight is 320 g/mol. The molecule has 4 bridgehead atoms. The molecule has 118 valence electrons. The summed E-state index contributed by atoms with van der Waals surface area (Å²) in [4.78, 5) is 0. The minimum absolute atomic E-state index is 1.15. The molecule has 2 N–H and O–H groups in total. The number of alkyl halides is 6. The number of hydrogen-bond acceptors (Lipinski definition) is 2. The maximum atomic E-state index is 15.4. The van der Waals surface area contributed by atoms with E-state index in [0.717, 1.165) is 24.3 Å². The summed E-state index contributed by atoms with van der Waals surface area (Å²) in [6.45, 7) is 0. The SMILES string of the molecule is FC12C3C=CC(N3)C1(F)C1(F)C3(F)C4C=CC(N4)C3(F)C21F. The summed E-state index contributed by atoms with van der Waals surface area (Å²) in [5, 5.41) is 4.76. The molecule has 4 heterocycles. The van der Waals surface area contributed by atoms with Gasteiger partial charge in [-0.1, -0.05) is 24.3 Å². The summed E-state index contributed by atoms with van der Waals surface area (Å²) >= 11 is 0. The first-order valence-electron chi connectivity index (χ1n) is 7.19. The van der Waals surface area contributed by atoms with E-state index >= 15 is 26.3 Å². The first-order valence-corrected chi connectivity index (χ1v) is 7.19. The Morgan fingerprint density at radius 2 is 0.727 bits per heavy atom. The maximum Gasteiger partial charge on any atom is 0.229 e. The Balaban J connectivity index is 1.70. The van der Waals surface area contributed by atoms with Crippen LogP contribution in [0.3, 0.4) is 0 Å². The van der Waals surface area contributed by atoms with E-state index in [9.17, 15) is 0 Å². The van der Waals surface area contributed by atoms with Crippen LogP contribution in [0.25, 0.3) is 0 Å². The fraction of sp³-hybridized carbons (Fsp3) is 0.714. The standard InChI is InChI=1S/C14H10F6N2/c15-9-5-1-2-6(21-5)10(9,16)14(20)12(18)8-4-3-7(22-8)11(12,17)13(9,14)19/h1-8,21-22H. The monoisotopic (exact) mass is 320 g/mol. The molecule has 0 radical (unpaired) electrons. The minimum atomic E-state index is -3.87. The van der Waals surface area contributed by atoms with Crippen molar-refractivity contribution in [3.63, 3.8) is 0 Å². The van der Waals surface area contributed by atoms with Crippen molar-refractivity contribution in [1.29, 1.82) is 0 Å². The summed E-state index contributed by atoms with van der Waals surface area (Å²) in [5.41, 5.74) is -21.6. The molecule has 6 rings (SSSR count). The highest BCUT2D eigenvalue weighted by Gasteiger charge is 3.19. The van der Waals surface area contributed by atoms with Crippen LogP contribution in [0.2, 0.25) is 0 Å². The number of halogens is 6. The third kappa shape index (κ3) is 0.568. The van der Waals surface area contributed by atoms with Gasteiger partial charge in [0, 0.05) is 0 Å². The number of hydrogen-bond donors (Lipinski definition) is 2. The van der Waals surface area contributed by atoms with Crippen LogP contribution in [0.1, 0.15) is 0 Å². The van der Waals surface area contributed by atoms with Gasteiger partial charge in [-0.25, -0.2) is 26.3 Å². The first kappa shape index (κ1) is 12.4. The molecule has 2 saturated heterocycles. The molecule has 0 aromatic carbocycles. The second-order valence-corrected chi connectivity index (χ2v) is 7.18. The molecule has 8 atom stereocenters. The van der Waals surface area contributed by atoms with Gasteiger partial charge in [0.05, 0.1) is 24.2 Å². The molecule has 2 nitrogen and oxygen atoms in total. The fourth-order valence-electron chi connectivity index (χ4n) is 6.22. The number of fused-ring (bicyclic) bond motifs is 15. The lowest BCUT2D eigenvalue weighted by Gasteiger charge is -2.81. The Morgan fingerprint density at radius 1 is 0.500 bits per heavy atom. The molecule has 4 fully saturated rings. The van der Waals surface area contributed by atoms with Crippen LogP contribution in [0.5, 0.6) is 0 Å². The molecule has 6 aliphatic rings. The molecule has 8 unspecified atom stereocenters. The van der Waals surface area contributed by atoms with Crippen LogP contribution >= 0.6 is 0 Å².